The molecule has 0 nitrogen and oxygen atoms in total. The fourth-order valence-corrected chi connectivity index (χ4v) is 3.08. The van der Waals surface area contributed by atoms with Gasteiger partial charge in [-0.1, -0.05) is 58.0 Å². The summed E-state index contributed by atoms with van der Waals surface area (Å²) in [5.74, 6) is 2.58. The maximum Gasteiger partial charge on any atom is -0.0240 e. The van der Waals surface area contributed by atoms with E-state index in [1.807, 2.05) is 0 Å². The van der Waals surface area contributed by atoms with Gasteiger partial charge in [-0.05, 0) is 35.2 Å². The highest BCUT2D eigenvalue weighted by Gasteiger charge is 2.58. The molecule has 0 aliphatic heterocycles. The van der Waals surface area contributed by atoms with Crippen molar-refractivity contribution in [1.29, 1.82) is 0 Å². The van der Waals surface area contributed by atoms with Gasteiger partial charge in [-0.2, -0.15) is 0 Å². The molecule has 1 aliphatic carbocycles. The summed E-state index contributed by atoms with van der Waals surface area (Å²) in [6, 6.07) is 10.9. The van der Waals surface area contributed by atoms with E-state index in [1.165, 1.54) is 12.0 Å². The lowest BCUT2D eigenvalue weighted by molar-refractivity contribution is 0.340. The molecule has 0 saturated heterocycles. The largest absolute Gasteiger partial charge is 0.0622 e. The first-order chi connectivity index (χ1) is 7.06. The number of hydrogen-bond acceptors (Lipinski definition) is 0. The summed E-state index contributed by atoms with van der Waals surface area (Å²) in [4.78, 5) is 0. The highest BCUT2D eigenvalue weighted by atomic mass is 14.6. The third-order valence-electron chi connectivity index (χ3n) is 4.82. The monoisotopic (exact) mass is 202 g/mol. The Balaban J connectivity index is 2.05. The smallest absolute Gasteiger partial charge is 0.0240 e. The Morgan fingerprint density at radius 3 is 2.27 bits per heavy atom. The third kappa shape index (κ3) is 1.71. The average molecular weight is 202 g/mol. The van der Waals surface area contributed by atoms with E-state index in [9.17, 15) is 0 Å². The molecule has 1 aromatic rings. The van der Waals surface area contributed by atoms with Gasteiger partial charge >= 0.3 is 0 Å². The summed E-state index contributed by atoms with van der Waals surface area (Å²) < 4.78 is 0. The Morgan fingerprint density at radius 1 is 1.20 bits per heavy atom. The molecule has 1 aliphatic rings. The van der Waals surface area contributed by atoms with Crippen LogP contribution in [0.1, 0.15) is 33.3 Å². The summed E-state index contributed by atoms with van der Waals surface area (Å²) >= 11 is 0. The van der Waals surface area contributed by atoms with Crippen LogP contribution >= 0.6 is 0 Å². The summed E-state index contributed by atoms with van der Waals surface area (Å²) in [6.45, 7) is 9.59. The fraction of sp³-hybridized carbons (Fsp3) is 0.600. The Kier molecular flexibility index (Phi) is 2.62. The van der Waals surface area contributed by atoms with Gasteiger partial charge < -0.3 is 0 Å². The minimum atomic E-state index is 0.579. The molecule has 1 fully saturated rings. The van der Waals surface area contributed by atoms with Crippen molar-refractivity contribution in [3.63, 3.8) is 0 Å². The van der Waals surface area contributed by atoms with Gasteiger partial charge in [0, 0.05) is 0 Å². The van der Waals surface area contributed by atoms with Gasteiger partial charge in [-0.3, -0.25) is 0 Å². The van der Waals surface area contributed by atoms with E-state index in [4.69, 9.17) is 0 Å². The van der Waals surface area contributed by atoms with E-state index < -0.39 is 0 Å². The van der Waals surface area contributed by atoms with Crippen LogP contribution in [0.5, 0.6) is 0 Å². The Hall–Kier alpha value is -0.780. The van der Waals surface area contributed by atoms with Crippen LogP contribution in [-0.4, -0.2) is 0 Å². The SMILES string of the molecule is CC(C)C1(C)C(C)C1Cc1ccccc1. The first-order valence-electron chi connectivity index (χ1n) is 6.10. The molecule has 2 rings (SSSR count). The summed E-state index contributed by atoms with van der Waals surface area (Å²) in [6.07, 6.45) is 1.26. The number of hydrogen-bond donors (Lipinski definition) is 0. The molecule has 0 spiro atoms. The molecule has 0 amide bonds. The maximum atomic E-state index is 2.45. The molecule has 82 valence electrons. The first-order valence-corrected chi connectivity index (χ1v) is 6.10. The van der Waals surface area contributed by atoms with E-state index in [0.29, 0.717) is 5.41 Å². The molecule has 0 heterocycles. The summed E-state index contributed by atoms with van der Waals surface area (Å²) in [5.41, 5.74) is 2.08. The molecular weight excluding hydrogens is 180 g/mol. The lowest BCUT2D eigenvalue weighted by Crippen LogP contribution is -2.09. The molecule has 15 heavy (non-hydrogen) atoms. The molecule has 0 heteroatoms. The van der Waals surface area contributed by atoms with Gasteiger partial charge in [-0.25, -0.2) is 0 Å². The van der Waals surface area contributed by atoms with E-state index in [2.05, 4.69) is 58.0 Å². The van der Waals surface area contributed by atoms with Crippen LogP contribution in [0.25, 0.3) is 0 Å². The number of rotatable bonds is 3. The second-order valence-electron chi connectivity index (χ2n) is 5.61. The van der Waals surface area contributed by atoms with Crippen LogP contribution in [0.3, 0.4) is 0 Å². The van der Waals surface area contributed by atoms with Crippen LogP contribution in [-0.2, 0) is 6.42 Å². The van der Waals surface area contributed by atoms with E-state index >= 15 is 0 Å². The van der Waals surface area contributed by atoms with Gasteiger partial charge in [0.1, 0.15) is 0 Å². The lowest BCUT2D eigenvalue weighted by Gasteiger charge is -2.16. The lowest BCUT2D eigenvalue weighted by atomic mass is 9.89. The van der Waals surface area contributed by atoms with Crippen LogP contribution in [0.4, 0.5) is 0 Å². The number of benzene rings is 1. The summed E-state index contributed by atoms with van der Waals surface area (Å²) in [7, 11) is 0. The second kappa shape index (κ2) is 3.66. The van der Waals surface area contributed by atoms with E-state index in [0.717, 1.165) is 17.8 Å². The van der Waals surface area contributed by atoms with Crippen molar-refractivity contribution < 1.29 is 0 Å². The molecule has 0 aromatic heterocycles. The van der Waals surface area contributed by atoms with Gasteiger partial charge in [0.2, 0.25) is 0 Å². The zero-order valence-corrected chi connectivity index (χ0v) is 10.3. The molecule has 1 saturated carbocycles. The molecule has 3 atom stereocenters. The zero-order chi connectivity index (χ0) is 11.1. The Morgan fingerprint density at radius 2 is 1.80 bits per heavy atom. The van der Waals surface area contributed by atoms with Gasteiger partial charge in [0.15, 0.2) is 0 Å². The maximum absolute atomic E-state index is 2.45. The van der Waals surface area contributed by atoms with Crippen molar-refractivity contribution >= 4 is 0 Å². The third-order valence-corrected chi connectivity index (χ3v) is 4.82. The van der Waals surface area contributed by atoms with Crippen molar-refractivity contribution in [3.05, 3.63) is 35.9 Å². The van der Waals surface area contributed by atoms with Crippen LogP contribution in [0.15, 0.2) is 30.3 Å². The average Bonchev–Trinajstić information content (AvgIpc) is 2.74. The first kappa shape index (κ1) is 10.7. The topological polar surface area (TPSA) is 0 Å². The molecule has 0 bridgehead atoms. The fourth-order valence-electron chi connectivity index (χ4n) is 3.08. The summed E-state index contributed by atoms with van der Waals surface area (Å²) in [5, 5.41) is 0. The van der Waals surface area contributed by atoms with Crippen molar-refractivity contribution in [2.24, 2.45) is 23.2 Å². The minimum absolute atomic E-state index is 0.579. The molecule has 3 unspecified atom stereocenters. The Bertz CT molecular complexity index is 325. The van der Waals surface area contributed by atoms with Gasteiger partial charge in [0.05, 0.1) is 0 Å². The quantitative estimate of drug-likeness (QED) is 0.690. The zero-order valence-electron chi connectivity index (χ0n) is 10.3. The minimum Gasteiger partial charge on any atom is -0.0622 e. The van der Waals surface area contributed by atoms with Crippen LogP contribution in [0.2, 0.25) is 0 Å². The second-order valence-corrected chi connectivity index (χ2v) is 5.61. The standard InChI is InChI=1S/C15H22/c1-11(2)15(4)12(3)14(15)10-13-8-6-5-7-9-13/h5-9,11-12,14H,10H2,1-4H3. The van der Waals surface area contributed by atoms with Crippen LogP contribution in [0, 0.1) is 23.2 Å². The molecule has 0 N–H and O–H groups in total. The molecule has 1 aromatic carbocycles. The van der Waals surface area contributed by atoms with Crippen molar-refractivity contribution in [1.82, 2.24) is 0 Å². The normalized spacial score (nSPS) is 34.5. The van der Waals surface area contributed by atoms with Gasteiger partial charge in [0.25, 0.3) is 0 Å². The van der Waals surface area contributed by atoms with Crippen molar-refractivity contribution in [3.8, 4) is 0 Å². The Labute approximate surface area is 93.7 Å². The van der Waals surface area contributed by atoms with Gasteiger partial charge in [-0.15, -0.1) is 0 Å². The predicted molar refractivity (Wildman–Crippen MR) is 65.7 cm³/mol. The van der Waals surface area contributed by atoms with Crippen molar-refractivity contribution in [2.45, 2.75) is 34.1 Å². The van der Waals surface area contributed by atoms with Crippen molar-refractivity contribution in [2.75, 3.05) is 0 Å². The van der Waals surface area contributed by atoms with E-state index in [1.54, 1.807) is 0 Å². The molecule has 0 radical (unpaired) electrons. The highest BCUT2D eigenvalue weighted by Crippen LogP contribution is 2.63. The predicted octanol–water partition coefficient (Wildman–Crippen LogP) is 4.16. The highest BCUT2D eigenvalue weighted by molar-refractivity contribution is 5.20. The van der Waals surface area contributed by atoms with E-state index in [-0.39, 0.29) is 0 Å². The molecular formula is C15H22. The van der Waals surface area contributed by atoms with Crippen LogP contribution < -0.4 is 0 Å².